The van der Waals surface area contributed by atoms with Gasteiger partial charge in [-0.15, -0.1) is 0 Å². The van der Waals surface area contributed by atoms with Crippen molar-refractivity contribution in [2.24, 2.45) is 7.05 Å². The van der Waals surface area contributed by atoms with E-state index in [9.17, 15) is 5.11 Å². The number of rotatable bonds is 4. The molecule has 1 aromatic heterocycles. The molecule has 0 saturated heterocycles. The Kier molecular flexibility index (Phi) is 3.83. The Hall–Kier alpha value is -1.38. The minimum atomic E-state index is -0.678. The second-order valence-electron chi connectivity index (χ2n) is 3.54. The summed E-state index contributed by atoms with van der Waals surface area (Å²) in [6, 6.07) is 2.03. The second-order valence-corrected chi connectivity index (χ2v) is 3.54. The summed E-state index contributed by atoms with van der Waals surface area (Å²) in [5.74, 6) is 0. The molecule has 82 valence electrons. The van der Waals surface area contributed by atoms with Gasteiger partial charge in [-0.2, -0.15) is 10.4 Å². The van der Waals surface area contributed by atoms with Gasteiger partial charge in [-0.25, -0.2) is 0 Å². The van der Waals surface area contributed by atoms with E-state index in [1.165, 1.54) is 0 Å². The first-order valence-electron chi connectivity index (χ1n) is 4.76. The van der Waals surface area contributed by atoms with E-state index in [1.807, 2.05) is 6.07 Å². The molecular formula is C10H15N3O2. The molecule has 5 nitrogen and oxygen atoms in total. The van der Waals surface area contributed by atoms with E-state index in [1.54, 1.807) is 38.0 Å². The van der Waals surface area contributed by atoms with E-state index in [-0.39, 0.29) is 6.10 Å². The first kappa shape index (κ1) is 11.7. The van der Waals surface area contributed by atoms with Gasteiger partial charge in [0.15, 0.2) is 6.10 Å². The van der Waals surface area contributed by atoms with Crippen molar-refractivity contribution in [2.75, 3.05) is 0 Å². The first-order valence-corrected chi connectivity index (χ1v) is 4.76. The normalized spacial score (nSPS) is 16.7. The molecule has 1 heterocycles. The SMILES string of the molecule is CC(O)C(C)OC(C#N)c1cnn(C)c1. The fourth-order valence-electron chi connectivity index (χ4n) is 1.09. The van der Waals surface area contributed by atoms with Crippen LogP contribution < -0.4 is 0 Å². The number of nitriles is 1. The zero-order chi connectivity index (χ0) is 11.4. The van der Waals surface area contributed by atoms with Crippen molar-refractivity contribution in [3.8, 4) is 6.07 Å². The van der Waals surface area contributed by atoms with Gasteiger partial charge in [-0.1, -0.05) is 0 Å². The lowest BCUT2D eigenvalue weighted by molar-refractivity contribution is -0.0426. The number of hydrogen-bond acceptors (Lipinski definition) is 4. The molecule has 0 spiro atoms. The van der Waals surface area contributed by atoms with E-state index in [2.05, 4.69) is 5.10 Å². The minimum Gasteiger partial charge on any atom is -0.391 e. The van der Waals surface area contributed by atoms with Crippen molar-refractivity contribution in [2.45, 2.75) is 32.2 Å². The monoisotopic (exact) mass is 209 g/mol. The third kappa shape index (κ3) is 3.05. The van der Waals surface area contributed by atoms with Crippen LogP contribution in [0.5, 0.6) is 0 Å². The predicted molar refractivity (Wildman–Crippen MR) is 53.8 cm³/mol. The number of ether oxygens (including phenoxy) is 1. The quantitative estimate of drug-likeness (QED) is 0.795. The Morgan fingerprint density at radius 1 is 1.60 bits per heavy atom. The molecule has 3 unspecified atom stereocenters. The van der Waals surface area contributed by atoms with Crippen LogP contribution in [0.25, 0.3) is 0 Å². The van der Waals surface area contributed by atoms with Crippen LogP contribution in [0.1, 0.15) is 25.5 Å². The molecule has 0 aliphatic rings. The van der Waals surface area contributed by atoms with Crippen LogP contribution in [0.15, 0.2) is 12.4 Å². The summed E-state index contributed by atoms with van der Waals surface area (Å²) in [7, 11) is 1.77. The van der Waals surface area contributed by atoms with E-state index in [0.717, 1.165) is 0 Å². The van der Waals surface area contributed by atoms with E-state index in [0.29, 0.717) is 5.56 Å². The Balaban J connectivity index is 2.70. The number of nitrogens with zero attached hydrogens (tertiary/aromatic N) is 3. The third-order valence-corrected chi connectivity index (χ3v) is 2.17. The van der Waals surface area contributed by atoms with Gasteiger partial charge >= 0.3 is 0 Å². The number of aromatic nitrogens is 2. The average Bonchev–Trinajstić information content (AvgIpc) is 2.60. The van der Waals surface area contributed by atoms with Crippen LogP contribution in [0.2, 0.25) is 0 Å². The van der Waals surface area contributed by atoms with Crippen molar-refractivity contribution in [3.63, 3.8) is 0 Å². The summed E-state index contributed by atoms with van der Waals surface area (Å²) >= 11 is 0. The van der Waals surface area contributed by atoms with Gasteiger partial charge < -0.3 is 9.84 Å². The summed E-state index contributed by atoms with van der Waals surface area (Å²) < 4.78 is 7.00. The van der Waals surface area contributed by atoms with E-state index < -0.39 is 12.2 Å². The molecule has 1 rings (SSSR count). The molecule has 3 atom stereocenters. The number of hydrogen-bond donors (Lipinski definition) is 1. The van der Waals surface area contributed by atoms with Crippen LogP contribution in [0.4, 0.5) is 0 Å². The molecule has 15 heavy (non-hydrogen) atoms. The average molecular weight is 209 g/mol. The summed E-state index contributed by atoms with van der Waals surface area (Å²) in [4.78, 5) is 0. The van der Waals surface area contributed by atoms with Gasteiger partial charge in [0.2, 0.25) is 0 Å². The third-order valence-electron chi connectivity index (χ3n) is 2.17. The van der Waals surface area contributed by atoms with Crippen molar-refractivity contribution in [1.29, 1.82) is 5.26 Å². The molecule has 0 fully saturated rings. The lowest BCUT2D eigenvalue weighted by Crippen LogP contribution is -2.24. The van der Waals surface area contributed by atoms with Crippen LogP contribution in [0, 0.1) is 11.3 Å². The van der Waals surface area contributed by atoms with Gasteiger partial charge in [-0.3, -0.25) is 4.68 Å². The van der Waals surface area contributed by atoms with E-state index in [4.69, 9.17) is 10.00 Å². The maximum absolute atomic E-state index is 9.26. The number of aliphatic hydroxyl groups excluding tert-OH is 1. The molecule has 0 aromatic carbocycles. The summed E-state index contributed by atoms with van der Waals surface area (Å²) in [6.45, 7) is 3.35. The molecule has 0 bridgehead atoms. The molecule has 5 heteroatoms. The largest absolute Gasteiger partial charge is 0.391 e. The highest BCUT2D eigenvalue weighted by Crippen LogP contribution is 2.18. The molecule has 0 amide bonds. The highest BCUT2D eigenvalue weighted by Gasteiger charge is 2.19. The lowest BCUT2D eigenvalue weighted by atomic mass is 10.2. The lowest BCUT2D eigenvalue weighted by Gasteiger charge is -2.18. The zero-order valence-corrected chi connectivity index (χ0v) is 9.08. The molecule has 1 N–H and O–H groups in total. The summed E-state index contributed by atoms with van der Waals surface area (Å²) in [5.41, 5.74) is 0.701. The fourth-order valence-corrected chi connectivity index (χ4v) is 1.09. The topological polar surface area (TPSA) is 71.1 Å². The van der Waals surface area contributed by atoms with Crippen molar-refractivity contribution in [3.05, 3.63) is 18.0 Å². The van der Waals surface area contributed by atoms with Gasteiger partial charge in [0.05, 0.1) is 24.5 Å². The van der Waals surface area contributed by atoms with Crippen LogP contribution in [-0.2, 0) is 11.8 Å². The van der Waals surface area contributed by atoms with E-state index >= 15 is 0 Å². The molecular weight excluding hydrogens is 194 g/mol. The summed E-state index contributed by atoms with van der Waals surface area (Å²) in [6.07, 6.45) is 1.65. The van der Waals surface area contributed by atoms with Crippen molar-refractivity contribution >= 4 is 0 Å². The van der Waals surface area contributed by atoms with Gasteiger partial charge in [0.1, 0.15) is 0 Å². The van der Waals surface area contributed by atoms with Crippen molar-refractivity contribution in [1.82, 2.24) is 9.78 Å². The fraction of sp³-hybridized carbons (Fsp3) is 0.600. The van der Waals surface area contributed by atoms with Gasteiger partial charge in [0.25, 0.3) is 0 Å². The first-order chi connectivity index (χ1) is 7.04. The number of aliphatic hydroxyl groups is 1. The predicted octanol–water partition coefficient (Wildman–Crippen LogP) is 0.771. The highest BCUT2D eigenvalue weighted by molar-refractivity contribution is 5.15. The Labute approximate surface area is 88.9 Å². The van der Waals surface area contributed by atoms with Gasteiger partial charge in [0, 0.05) is 18.8 Å². The second kappa shape index (κ2) is 4.91. The maximum Gasteiger partial charge on any atom is 0.172 e. The number of aryl methyl sites for hydroxylation is 1. The van der Waals surface area contributed by atoms with Gasteiger partial charge in [-0.05, 0) is 13.8 Å². The van der Waals surface area contributed by atoms with Crippen molar-refractivity contribution < 1.29 is 9.84 Å². The Morgan fingerprint density at radius 3 is 2.67 bits per heavy atom. The minimum absolute atomic E-state index is 0.380. The maximum atomic E-state index is 9.26. The molecule has 0 saturated carbocycles. The van der Waals surface area contributed by atoms with Crippen LogP contribution in [0.3, 0.4) is 0 Å². The van der Waals surface area contributed by atoms with Crippen LogP contribution >= 0.6 is 0 Å². The van der Waals surface area contributed by atoms with Crippen LogP contribution in [-0.4, -0.2) is 27.1 Å². The highest BCUT2D eigenvalue weighted by atomic mass is 16.5. The molecule has 0 aliphatic carbocycles. The summed E-state index contributed by atoms with van der Waals surface area (Å²) in [5, 5.41) is 22.1. The zero-order valence-electron chi connectivity index (χ0n) is 9.08. The Morgan fingerprint density at radius 2 is 2.27 bits per heavy atom. The Bertz CT molecular complexity index is 354. The standard InChI is InChI=1S/C10H15N3O2/c1-7(14)8(2)15-10(4-11)9-5-12-13(3)6-9/h5-8,10,14H,1-3H3. The smallest absolute Gasteiger partial charge is 0.172 e. The molecule has 0 aliphatic heterocycles. The molecule has 1 aromatic rings. The molecule has 0 radical (unpaired) electrons.